The Morgan fingerprint density at radius 2 is 0.681 bits per heavy atom. The first-order valence-electron chi connectivity index (χ1n) is 27.5. The second kappa shape index (κ2) is 35.9. The van der Waals surface area contributed by atoms with Gasteiger partial charge >= 0.3 is 304 Å². The van der Waals surface area contributed by atoms with Crippen molar-refractivity contribution in [3.05, 3.63) is 44.3 Å². The van der Waals surface area contributed by atoms with Crippen molar-refractivity contribution in [2.45, 2.75) is 213 Å². The molecule has 1 aromatic carbocycles. The summed E-state index contributed by atoms with van der Waals surface area (Å²) in [6.45, 7) is 8.32. The number of unbranched alkanes of at least 4 members (excludes halogenated alkanes) is 27. The molecule has 3 aromatic heterocycles. The first-order chi connectivity index (χ1) is 35.4. The van der Waals surface area contributed by atoms with Crippen LogP contribution in [0.2, 0.25) is 0 Å². The predicted molar refractivity (Wildman–Crippen MR) is 294 cm³/mol. The van der Waals surface area contributed by atoms with E-state index in [-0.39, 0.29) is 22.3 Å². The topological polar surface area (TPSA) is 175 Å². The number of allylic oxidation sites excluding steroid dienone is 4. The molecule has 3 heterocycles. The Balaban J connectivity index is 1.76. The van der Waals surface area contributed by atoms with Gasteiger partial charge in [-0.25, -0.2) is 0 Å². The Morgan fingerprint density at radius 3 is 0.972 bits per heavy atom. The Hall–Kier alpha value is -5.16. The summed E-state index contributed by atoms with van der Waals surface area (Å²) < 4.78 is 25.5. The number of fused-ring (bicyclic) bond motifs is 3. The molecule has 0 saturated carbocycles. The third-order valence-corrected chi connectivity index (χ3v) is 18.8. The number of benzene rings is 1. The van der Waals surface area contributed by atoms with Crippen molar-refractivity contribution < 1.29 is 14.2 Å². The maximum atomic E-state index is 10.3. The van der Waals surface area contributed by atoms with E-state index in [1.807, 2.05) is 48.5 Å². The van der Waals surface area contributed by atoms with Crippen molar-refractivity contribution in [1.82, 2.24) is 4.57 Å². The van der Waals surface area contributed by atoms with E-state index in [1.54, 1.807) is 0 Å². The van der Waals surface area contributed by atoms with Crippen molar-refractivity contribution in [2.75, 3.05) is 19.8 Å². The Bertz CT molecular complexity index is 2400. The van der Waals surface area contributed by atoms with Crippen LogP contribution in [0, 0.1) is 68.0 Å². The van der Waals surface area contributed by atoms with Crippen LogP contribution < -0.4 is 14.2 Å². The van der Waals surface area contributed by atoms with Gasteiger partial charge in [0.25, 0.3) is 0 Å². The molecule has 0 N–H and O–H groups in total. The van der Waals surface area contributed by atoms with E-state index in [0.717, 1.165) is 76.6 Å². The summed E-state index contributed by atoms with van der Waals surface area (Å²) in [5.74, 6) is 1.78. The van der Waals surface area contributed by atoms with E-state index in [2.05, 4.69) is 37.5 Å². The van der Waals surface area contributed by atoms with Crippen LogP contribution in [0.5, 0.6) is 17.2 Å². The van der Waals surface area contributed by atoms with E-state index in [0.29, 0.717) is 45.9 Å². The molecule has 0 saturated heterocycles. The average Bonchev–Trinajstić information content (AvgIpc) is 4.09. The molecule has 0 aliphatic carbocycles. The van der Waals surface area contributed by atoms with Gasteiger partial charge in [-0.05, 0) is 0 Å². The average molecular weight is 1100 g/mol. The summed E-state index contributed by atoms with van der Waals surface area (Å²) in [6.07, 6.45) is 36.5. The van der Waals surface area contributed by atoms with Gasteiger partial charge in [0.2, 0.25) is 0 Å². The molecule has 0 amide bonds. The Labute approximate surface area is 444 Å². The zero-order valence-corrected chi connectivity index (χ0v) is 47.2. The van der Waals surface area contributed by atoms with Crippen molar-refractivity contribution in [2.24, 2.45) is 0 Å². The first-order valence-corrected chi connectivity index (χ1v) is 30.9. The first kappa shape index (κ1) is 59.4. The Morgan fingerprint density at radius 1 is 0.389 bits per heavy atom. The number of hydrogen-bond donors (Lipinski definition) is 0. The predicted octanol–water partition coefficient (Wildman–Crippen LogP) is 16.4. The molecular formula is C60H79N7O3Se2. The molecule has 10 nitrogen and oxygen atoms in total. The molecule has 0 unspecified atom stereocenters. The van der Waals surface area contributed by atoms with Gasteiger partial charge in [0.15, 0.2) is 0 Å². The van der Waals surface area contributed by atoms with Gasteiger partial charge < -0.3 is 0 Å². The molecule has 0 fully saturated rings. The zero-order valence-electron chi connectivity index (χ0n) is 43.8. The molecule has 384 valence electrons. The summed E-state index contributed by atoms with van der Waals surface area (Å²) in [6, 6.07) is 19.7. The number of nitriles is 6. The molecule has 0 aliphatic rings. The molecular weight excluding hydrogens is 1020 g/mol. The van der Waals surface area contributed by atoms with E-state index in [1.165, 1.54) is 141 Å². The van der Waals surface area contributed by atoms with Crippen LogP contribution in [-0.2, 0) is 0 Å². The normalized spacial score (nSPS) is 10.8. The molecule has 4 aromatic rings. The summed E-state index contributed by atoms with van der Waals surface area (Å²) in [5, 5.41) is 59.8. The van der Waals surface area contributed by atoms with E-state index >= 15 is 0 Å². The van der Waals surface area contributed by atoms with Crippen LogP contribution in [0.3, 0.4) is 0 Å². The minimum atomic E-state index is -0.467. The minimum Gasteiger partial charge on any atom is -0.0654 e. The fraction of sp³-hybridized carbons (Fsp3) is 0.600. The van der Waals surface area contributed by atoms with Crippen molar-refractivity contribution in [3.63, 3.8) is 0 Å². The second-order valence-corrected chi connectivity index (χ2v) is 23.4. The third kappa shape index (κ3) is 19.0. The molecule has 0 aliphatic heterocycles. The fourth-order valence-corrected chi connectivity index (χ4v) is 14.7. The van der Waals surface area contributed by atoms with E-state index in [9.17, 15) is 31.6 Å². The monoisotopic (exact) mass is 1110 g/mol. The molecule has 0 bridgehead atoms. The third-order valence-electron chi connectivity index (χ3n) is 13.3. The number of ether oxygens (including phenoxy) is 3. The molecule has 72 heavy (non-hydrogen) atoms. The van der Waals surface area contributed by atoms with Crippen LogP contribution in [0.25, 0.3) is 36.4 Å². The van der Waals surface area contributed by atoms with Gasteiger partial charge in [-0.15, -0.1) is 0 Å². The smallest absolute Gasteiger partial charge is 0.0654 e. The second-order valence-electron chi connectivity index (χ2n) is 19.0. The van der Waals surface area contributed by atoms with Crippen LogP contribution >= 0.6 is 0 Å². The van der Waals surface area contributed by atoms with E-state index < -0.39 is 29.0 Å². The summed E-state index contributed by atoms with van der Waals surface area (Å²) in [7, 11) is 0. The molecule has 0 atom stereocenters. The Kier molecular flexibility index (Phi) is 29.6. The summed E-state index contributed by atoms with van der Waals surface area (Å²) in [4.78, 5) is 0. The minimum absolute atomic E-state index is 0.0563. The van der Waals surface area contributed by atoms with Crippen LogP contribution in [0.15, 0.2) is 35.4 Å². The number of hydrogen-bond acceptors (Lipinski definition) is 9. The van der Waals surface area contributed by atoms with Gasteiger partial charge in [-0.3, -0.25) is 0 Å². The standard InChI is InChI=1S/C60H79N7O3Se2/c1-4-7-10-13-16-19-22-25-28-31-34-68-54-37-49(38-55(69-35-32-29-26-23-20-17-14-11-8-5-2)58(54)70-36-33-30-27-24-21-18-15-12-9-6-3)67-52-39-56(50(45-65)47(41-61)42-62)71-59(52)60-53(67)40-57(72-60)51(46-66)48(43-63)44-64/h37-40H,4-36H2,1-3H3. The van der Waals surface area contributed by atoms with Crippen molar-refractivity contribution in [1.29, 1.82) is 31.6 Å². The summed E-state index contributed by atoms with van der Waals surface area (Å²) >= 11 is -0.934. The molecule has 4 rings (SSSR count). The SMILES string of the molecule is CCCCCCCCCCCCOc1cc(-n2c3cc(C(C#N)=C(C#N)C#N)[se]c3c3[se]c(C(C#N)=C(C#N)C#N)cc32)cc(OCCCCCCCCCCCC)c1OCCCCCCCCCCCC. The number of nitrogens with zero attached hydrogens (tertiary/aromatic N) is 7. The molecule has 12 heteroatoms. The number of aromatic nitrogens is 1. The molecule has 0 radical (unpaired) electrons. The van der Waals surface area contributed by atoms with Gasteiger partial charge in [0, 0.05) is 0 Å². The van der Waals surface area contributed by atoms with Gasteiger partial charge in [0.05, 0.1) is 0 Å². The van der Waals surface area contributed by atoms with Crippen LogP contribution in [-0.4, -0.2) is 53.4 Å². The van der Waals surface area contributed by atoms with Crippen molar-refractivity contribution in [3.8, 4) is 59.4 Å². The van der Waals surface area contributed by atoms with E-state index in [4.69, 9.17) is 14.2 Å². The van der Waals surface area contributed by atoms with Gasteiger partial charge in [0.1, 0.15) is 0 Å². The zero-order chi connectivity index (χ0) is 51.6. The maximum absolute atomic E-state index is 10.3. The van der Waals surface area contributed by atoms with Crippen molar-refractivity contribution >= 4 is 59.7 Å². The van der Waals surface area contributed by atoms with Crippen LogP contribution in [0.4, 0.5) is 0 Å². The fourth-order valence-electron chi connectivity index (χ4n) is 9.17. The summed E-state index contributed by atoms with van der Waals surface area (Å²) in [5.41, 5.74) is 2.02. The number of rotatable bonds is 39. The van der Waals surface area contributed by atoms with Crippen LogP contribution in [0.1, 0.15) is 222 Å². The molecule has 0 spiro atoms. The quantitative estimate of drug-likeness (QED) is 0.0239. The van der Waals surface area contributed by atoms with Gasteiger partial charge in [-0.1, -0.05) is 143 Å². The van der Waals surface area contributed by atoms with Gasteiger partial charge in [-0.2, -0.15) is 0 Å².